The van der Waals surface area contributed by atoms with Crippen LogP contribution in [0.4, 0.5) is 0 Å². The molecule has 0 unspecified atom stereocenters. The average Bonchev–Trinajstić information content (AvgIpc) is 2.95. The molecule has 0 radical (unpaired) electrons. The molecule has 0 saturated heterocycles. The molecule has 2 fully saturated rings. The van der Waals surface area contributed by atoms with E-state index in [4.69, 9.17) is 4.74 Å². The number of aliphatic hydroxyl groups excluding tert-OH is 1. The molecule has 2 saturated carbocycles. The first-order chi connectivity index (χ1) is 12.4. The molecule has 0 aromatic heterocycles. The predicted octanol–water partition coefficient (Wildman–Crippen LogP) is 4.03. The largest absolute Gasteiger partial charge is 0.392 e. The van der Waals surface area contributed by atoms with Gasteiger partial charge < -0.3 is 9.84 Å². The Morgan fingerprint density at radius 3 is 2.69 bits per heavy atom. The van der Waals surface area contributed by atoms with Crippen LogP contribution in [-0.4, -0.2) is 41.9 Å². The number of β-amino-alcohol motifs (C(OH)–C–C–N with tert-alkyl or cyclic N) is 1. The minimum atomic E-state index is -0.292. The van der Waals surface area contributed by atoms with Crippen LogP contribution in [0.5, 0.6) is 0 Å². The molecule has 1 heterocycles. The molecule has 4 atom stereocenters. The molecular formula is C23H35NO2. The molecule has 4 rings (SSSR count). The smallest absolute Gasteiger partial charge is 0.0689 e. The zero-order chi connectivity index (χ0) is 18.4. The van der Waals surface area contributed by atoms with Crippen molar-refractivity contribution < 1.29 is 9.84 Å². The van der Waals surface area contributed by atoms with E-state index in [0.717, 1.165) is 38.4 Å². The third kappa shape index (κ3) is 3.12. The quantitative estimate of drug-likeness (QED) is 0.834. The molecule has 1 aromatic carbocycles. The van der Waals surface area contributed by atoms with Gasteiger partial charge in [-0.25, -0.2) is 0 Å². The number of ether oxygens (including phenoxy) is 1. The number of fused-ring (bicyclic) bond motifs is 3. The van der Waals surface area contributed by atoms with Gasteiger partial charge >= 0.3 is 0 Å². The summed E-state index contributed by atoms with van der Waals surface area (Å²) in [5.41, 5.74) is 3.60. The van der Waals surface area contributed by atoms with Crippen molar-refractivity contribution >= 4 is 0 Å². The van der Waals surface area contributed by atoms with Crippen molar-refractivity contribution in [2.24, 2.45) is 16.7 Å². The van der Waals surface area contributed by atoms with Gasteiger partial charge in [-0.05, 0) is 60.0 Å². The Bertz CT molecular complexity index is 643. The number of benzene rings is 1. The van der Waals surface area contributed by atoms with E-state index in [-0.39, 0.29) is 6.10 Å². The lowest BCUT2D eigenvalue weighted by Gasteiger charge is -2.39. The zero-order valence-electron chi connectivity index (χ0n) is 16.7. The third-order valence-corrected chi connectivity index (χ3v) is 8.16. The fourth-order valence-corrected chi connectivity index (χ4v) is 5.83. The third-order valence-electron chi connectivity index (χ3n) is 8.16. The molecule has 26 heavy (non-hydrogen) atoms. The van der Waals surface area contributed by atoms with Crippen molar-refractivity contribution in [1.29, 1.82) is 0 Å². The normalized spacial score (nSPS) is 34.0. The van der Waals surface area contributed by atoms with Crippen LogP contribution in [0.15, 0.2) is 24.3 Å². The Hall–Kier alpha value is -0.900. The number of hydrogen-bond donors (Lipinski definition) is 1. The van der Waals surface area contributed by atoms with Crippen LogP contribution in [0.3, 0.4) is 0 Å². The summed E-state index contributed by atoms with van der Waals surface area (Å²) < 4.78 is 6.31. The zero-order valence-corrected chi connectivity index (χ0v) is 16.7. The highest BCUT2D eigenvalue weighted by atomic mass is 16.5. The second-order valence-electron chi connectivity index (χ2n) is 9.67. The van der Waals surface area contributed by atoms with E-state index < -0.39 is 0 Å². The standard InChI is InChI=1S/C23H35NO2/c1-22(2)19-8-11-23(22,3)21(14-19)26-13-10-20(25)16-24-12-9-17-6-4-5-7-18(17)15-24/h4-7,19-21,25H,8-16H2,1-3H3/t19-,20-,21+,23-/m0/s1. The minimum Gasteiger partial charge on any atom is -0.392 e. The van der Waals surface area contributed by atoms with Crippen LogP contribution in [-0.2, 0) is 17.7 Å². The Balaban J connectivity index is 1.23. The summed E-state index contributed by atoms with van der Waals surface area (Å²) >= 11 is 0. The van der Waals surface area contributed by atoms with Crippen molar-refractivity contribution in [2.75, 3.05) is 19.7 Å². The Morgan fingerprint density at radius 1 is 1.23 bits per heavy atom. The van der Waals surface area contributed by atoms with Gasteiger partial charge in [-0.2, -0.15) is 0 Å². The maximum absolute atomic E-state index is 10.5. The van der Waals surface area contributed by atoms with Gasteiger partial charge in [0.1, 0.15) is 0 Å². The van der Waals surface area contributed by atoms with E-state index >= 15 is 0 Å². The molecule has 2 bridgehead atoms. The number of nitrogens with zero attached hydrogens (tertiary/aromatic N) is 1. The van der Waals surface area contributed by atoms with E-state index in [2.05, 4.69) is 49.9 Å². The van der Waals surface area contributed by atoms with E-state index in [9.17, 15) is 5.11 Å². The van der Waals surface area contributed by atoms with Gasteiger partial charge in [0.05, 0.1) is 12.2 Å². The number of aliphatic hydroxyl groups is 1. The summed E-state index contributed by atoms with van der Waals surface area (Å²) in [6.07, 6.45) is 5.80. The van der Waals surface area contributed by atoms with E-state index in [1.54, 1.807) is 0 Å². The molecular weight excluding hydrogens is 322 g/mol. The second-order valence-corrected chi connectivity index (χ2v) is 9.67. The van der Waals surface area contributed by atoms with Gasteiger partial charge in [0.2, 0.25) is 0 Å². The molecule has 3 aliphatic rings. The van der Waals surface area contributed by atoms with Crippen LogP contribution >= 0.6 is 0 Å². The fourth-order valence-electron chi connectivity index (χ4n) is 5.83. The number of rotatable bonds is 6. The molecule has 0 spiro atoms. The van der Waals surface area contributed by atoms with Gasteiger partial charge in [0.15, 0.2) is 0 Å². The summed E-state index contributed by atoms with van der Waals surface area (Å²) in [7, 11) is 0. The van der Waals surface area contributed by atoms with Crippen LogP contribution in [0, 0.1) is 16.7 Å². The van der Waals surface area contributed by atoms with Crippen LogP contribution in [0.25, 0.3) is 0 Å². The highest BCUT2D eigenvalue weighted by Gasteiger charge is 2.61. The topological polar surface area (TPSA) is 32.7 Å². The van der Waals surface area contributed by atoms with Crippen molar-refractivity contribution in [3.8, 4) is 0 Å². The van der Waals surface area contributed by atoms with Crippen molar-refractivity contribution in [3.63, 3.8) is 0 Å². The van der Waals surface area contributed by atoms with E-state index in [1.165, 1.54) is 30.4 Å². The van der Waals surface area contributed by atoms with Gasteiger partial charge in [-0.3, -0.25) is 4.90 Å². The summed E-state index contributed by atoms with van der Waals surface area (Å²) in [5.74, 6) is 0.816. The lowest BCUT2D eigenvalue weighted by atomic mass is 9.70. The van der Waals surface area contributed by atoms with E-state index in [1.807, 2.05) is 0 Å². The maximum atomic E-state index is 10.5. The highest BCUT2D eigenvalue weighted by molar-refractivity contribution is 5.29. The molecule has 0 amide bonds. The first-order valence-corrected chi connectivity index (χ1v) is 10.5. The average molecular weight is 358 g/mol. The molecule has 3 heteroatoms. The van der Waals surface area contributed by atoms with Crippen molar-refractivity contribution in [1.82, 2.24) is 4.90 Å². The van der Waals surface area contributed by atoms with Gasteiger partial charge in [0, 0.05) is 26.2 Å². The van der Waals surface area contributed by atoms with Crippen molar-refractivity contribution in [3.05, 3.63) is 35.4 Å². The van der Waals surface area contributed by atoms with Crippen LogP contribution in [0.1, 0.15) is 57.6 Å². The fraction of sp³-hybridized carbons (Fsp3) is 0.739. The Labute approximate surface area is 158 Å². The Morgan fingerprint density at radius 2 is 2.00 bits per heavy atom. The predicted molar refractivity (Wildman–Crippen MR) is 105 cm³/mol. The summed E-state index contributed by atoms with van der Waals surface area (Å²) in [5, 5.41) is 10.5. The Kier molecular flexibility index (Phi) is 4.92. The number of hydrogen-bond acceptors (Lipinski definition) is 3. The first-order valence-electron chi connectivity index (χ1n) is 10.5. The molecule has 144 valence electrons. The van der Waals surface area contributed by atoms with Crippen molar-refractivity contribution in [2.45, 2.75) is 71.6 Å². The van der Waals surface area contributed by atoms with Gasteiger partial charge in [-0.15, -0.1) is 0 Å². The summed E-state index contributed by atoms with van der Waals surface area (Å²) in [6, 6.07) is 8.69. The SMILES string of the molecule is CC1(C)[C@H]2CC[C@@]1(C)[C@H](OCC[C@H](O)CN1CCc3ccccc3C1)C2. The molecule has 2 aliphatic carbocycles. The highest BCUT2D eigenvalue weighted by Crippen LogP contribution is 2.66. The monoisotopic (exact) mass is 357 g/mol. The lowest BCUT2D eigenvalue weighted by Crippen LogP contribution is -2.39. The lowest BCUT2D eigenvalue weighted by molar-refractivity contribution is -0.0566. The summed E-state index contributed by atoms with van der Waals surface area (Å²) in [4.78, 5) is 2.38. The second kappa shape index (κ2) is 6.92. The molecule has 1 aromatic rings. The first kappa shape index (κ1) is 18.5. The van der Waals surface area contributed by atoms with E-state index in [0.29, 0.717) is 23.5 Å². The maximum Gasteiger partial charge on any atom is 0.0689 e. The minimum absolute atomic E-state index is 0.292. The molecule has 1 aliphatic heterocycles. The van der Waals surface area contributed by atoms with Crippen LogP contribution < -0.4 is 0 Å². The van der Waals surface area contributed by atoms with Crippen LogP contribution in [0.2, 0.25) is 0 Å². The molecule has 3 nitrogen and oxygen atoms in total. The van der Waals surface area contributed by atoms with Gasteiger partial charge in [-0.1, -0.05) is 45.0 Å². The molecule has 1 N–H and O–H groups in total. The summed E-state index contributed by atoms with van der Waals surface area (Å²) in [6.45, 7) is 10.7. The van der Waals surface area contributed by atoms with Gasteiger partial charge in [0.25, 0.3) is 0 Å².